The van der Waals surface area contributed by atoms with Crippen LogP contribution >= 0.6 is 15.9 Å². The molecule has 0 amide bonds. The Morgan fingerprint density at radius 2 is 2.10 bits per heavy atom. The number of ether oxygens (including phenoxy) is 1. The minimum absolute atomic E-state index is 0.528. The number of hydrogen-bond donors (Lipinski definition) is 0. The van der Waals surface area contributed by atoms with E-state index in [1.165, 1.54) is 6.04 Å². The second-order valence-corrected chi connectivity index (χ2v) is 12.9. The normalized spacial score (nSPS) is 12.6. The third-order valence-corrected chi connectivity index (χ3v) is 5.70. The molecule has 0 unspecified atom stereocenters. The average Bonchev–Trinajstić information content (AvgIpc) is 2.98. The number of rotatable bonds is 5. The van der Waals surface area contributed by atoms with Gasteiger partial charge in [0.25, 0.3) is 0 Å². The first-order valence-electron chi connectivity index (χ1n) is 7.00. The fourth-order valence-corrected chi connectivity index (χ4v) is 3.59. The van der Waals surface area contributed by atoms with Gasteiger partial charge in [-0.05, 0) is 22.0 Å². The van der Waals surface area contributed by atoms with E-state index in [1.807, 2.05) is 21.4 Å². The van der Waals surface area contributed by atoms with Crippen molar-refractivity contribution >= 4 is 40.8 Å². The van der Waals surface area contributed by atoms with Gasteiger partial charge in [-0.15, -0.1) is 0 Å². The van der Waals surface area contributed by atoms with Crippen molar-refractivity contribution < 1.29 is 4.74 Å². The summed E-state index contributed by atoms with van der Waals surface area (Å²) in [5.41, 5.74) is 2.78. The van der Waals surface area contributed by atoms with Crippen molar-refractivity contribution in [2.45, 2.75) is 32.4 Å². The van der Waals surface area contributed by atoms with Crippen LogP contribution in [0.3, 0.4) is 0 Å². The molecule has 0 N–H and O–H groups in total. The molecule has 0 atom stereocenters. The van der Waals surface area contributed by atoms with E-state index in [4.69, 9.17) is 4.74 Å². The van der Waals surface area contributed by atoms with Gasteiger partial charge < -0.3 is 9.30 Å². The Balaban J connectivity index is 1.83. The molecule has 0 radical (unpaired) electrons. The van der Waals surface area contributed by atoms with Gasteiger partial charge in [-0.25, -0.2) is 9.97 Å². The summed E-state index contributed by atoms with van der Waals surface area (Å²) in [6.45, 7) is 8.40. The maximum atomic E-state index is 5.82. The summed E-state index contributed by atoms with van der Waals surface area (Å²) in [4.78, 5) is 8.77. The van der Waals surface area contributed by atoms with E-state index in [9.17, 15) is 0 Å². The summed E-state index contributed by atoms with van der Waals surface area (Å²) < 4.78 is 10.9. The molecule has 3 aromatic rings. The van der Waals surface area contributed by atoms with Crippen molar-refractivity contribution in [3.05, 3.63) is 29.3 Å². The third-order valence-electron chi connectivity index (χ3n) is 3.42. The molecule has 0 saturated carbocycles. The molecule has 5 nitrogen and oxygen atoms in total. The first-order chi connectivity index (χ1) is 9.96. The number of imidazole rings is 1. The second-order valence-electron chi connectivity index (χ2n) is 6.38. The lowest BCUT2D eigenvalue weighted by Crippen LogP contribution is -2.22. The number of halogens is 1. The molecule has 0 bridgehead atoms. The molecule has 0 saturated heterocycles. The smallest absolute Gasteiger partial charge is 0.160 e. The largest absolute Gasteiger partial charge is 0.361 e. The highest BCUT2D eigenvalue weighted by atomic mass is 79.9. The molecule has 0 spiro atoms. The standard InChI is InChI=1S/C14H19BrN4OSi/c1-21(2,3)7-6-20-10-18-9-11(15)13-14(18)17-8-12-16-4-5-19(12)13/h4-5,8-9H,6-7,10H2,1-3H3. The molecule has 3 heterocycles. The minimum Gasteiger partial charge on any atom is -0.361 e. The predicted molar refractivity (Wildman–Crippen MR) is 90.3 cm³/mol. The van der Waals surface area contributed by atoms with Crippen LogP contribution in [0, 0.1) is 0 Å². The van der Waals surface area contributed by atoms with Crippen LogP contribution in [0.1, 0.15) is 0 Å². The molecular weight excluding hydrogens is 348 g/mol. The minimum atomic E-state index is -1.04. The molecule has 0 aliphatic rings. The van der Waals surface area contributed by atoms with Gasteiger partial charge in [0.1, 0.15) is 12.2 Å². The van der Waals surface area contributed by atoms with Crippen molar-refractivity contribution in [2.24, 2.45) is 0 Å². The van der Waals surface area contributed by atoms with E-state index < -0.39 is 8.07 Å². The molecule has 0 aliphatic heterocycles. The Morgan fingerprint density at radius 3 is 2.86 bits per heavy atom. The van der Waals surface area contributed by atoms with Crippen LogP contribution in [0.4, 0.5) is 0 Å². The zero-order valence-electron chi connectivity index (χ0n) is 12.5. The number of aromatic nitrogens is 4. The van der Waals surface area contributed by atoms with Crippen molar-refractivity contribution in [3.8, 4) is 0 Å². The molecule has 0 aromatic carbocycles. The van der Waals surface area contributed by atoms with Gasteiger partial charge in [-0.2, -0.15) is 0 Å². The fraction of sp³-hybridized carbons (Fsp3) is 0.429. The van der Waals surface area contributed by atoms with Crippen LogP contribution in [0.15, 0.2) is 29.3 Å². The van der Waals surface area contributed by atoms with Crippen LogP contribution in [0.2, 0.25) is 25.7 Å². The van der Waals surface area contributed by atoms with Gasteiger partial charge in [0.2, 0.25) is 0 Å². The molecule has 3 rings (SSSR count). The summed E-state index contributed by atoms with van der Waals surface area (Å²) >= 11 is 3.61. The van der Waals surface area contributed by atoms with E-state index in [0.29, 0.717) is 6.73 Å². The zero-order valence-corrected chi connectivity index (χ0v) is 15.1. The lowest BCUT2D eigenvalue weighted by Gasteiger charge is -2.15. The Kier molecular flexibility index (Phi) is 3.89. The molecule has 0 fully saturated rings. The summed E-state index contributed by atoms with van der Waals surface area (Å²) in [5, 5.41) is 0. The molecular formula is C14H19BrN4OSi. The van der Waals surface area contributed by atoms with Crippen molar-refractivity contribution in [3.63, 3.8) is 0 Å². The highest BCUT2D eigenvalue weighted by Gasteiger charge is 2.14. The van der Waals surface area contributed by atoms with E-state index >= 15 is 0 Å². The monoisotopic (exact) mass is 366 g/mol. The van der Waals surface area contributed by atoms with Crippen LogP contribution in [0.25, 0.3) is 16.8 Å². The quantitative estimate of drug-likeness (QED) is 0.510. The fourth-order valence-electron chi connectivity index (χ4n) is 2.22. The lowest BCUT2D eigenvalue weighted by atomic mass is 10.5. The van der Waals surface area contributed by atoms with Crippen LogP contribution in [-0.2, 0) is 11.5 Å². The number of hydrogen-bond acceptors (Lipinski definition) is 3. The Bertz CT molecular complexity index is 774. The predicted octanol–water partition coefficient (Wildman–Crippen LogP) is 3.76. The van der Waals surface area contributed by atoms with Gasteiger partial charge in [0.15, 0.2) is 11.3 Å². The van der Waals surface area contributed by atoms with E-state index in [1.54, 1.807) is 12.4 Å². The summed E-state index contributed by atoms with van der Waals surface area (Å²) in [6.07, 6.45) is 7.53. The van der Waals surface area contributed by atoms with Crippen LogP contribution in [-0.4, -0.2) is 33.6 Å². The summed E-state index contributed by atoms with van der Waals surface area (Å²) in [6, 6.07) is 1.17. The molecule has 7 heteroatoms. The van der Waals surface area contributed by atoms with Gasteiger partial charge in [0.05, 0.1) is 10.7 Å². The Morgan fingerprint density at radius 1 is 1.29 bits per heavy atom. The maximum Gasteiger partial charge on any atom is 0.160 e. The average molecular weight is 367 g/mol. The Labute approximate surface area is 133 Å². The molecule has 3 aromatic heterocycles. The number of nitrogens with zero attached hydrogens (tertiary/aromatic N) is 4. The van der Waals surface area contributed by atoms with Gasteiger partial charge in [-0.3, -0.25) is 4.40 Å². The Hall–Kier alpha value is -1.18. The van der Waals surface area contributed by atoms with E-state index in [-0.39, 0.29) is 0 Å². The molecule has 21 heavy (non-hydrogen) atoms. The van der Waals surface area contributed by atoms with Crippen molar-refractivity contribution in [2.75, 3.05) is 6.61 Å². The first kappa shape index (κ1) is 14.7. The van der Waals surface area contributed by atoms with Crippen molar-refractivity contribution in [1.82, 2.24) is 18.9 Å². The second kappa shape index (κ2) is 5.55. The van der Waals surface area contributed by atoms with Crippen LogP contribution in [0.5, 0.6) is 0 Å². The zero-order chi connectivity index (χ0) is 15.0. The maximum absolute atomic E-state index is 5.82. The SMILES string of the molecule is C[Si](C)(C)CCOCn1cc(Br)c2c1ncc1nccn12. The van der Waals surface area contributed by atoms with Gasteiger partial charge >= 0.3 is 0 Å². The van der Waals surface area contributed by atoms with Gasteiger partial charge in [0, 0.05) is 33.3 Å². The molecule has 0 aliphatic carbocycles. The lowest BCUT2D eigenvalue weighted by molar-refractivity contribution is 0.0898. The summed E-state index contributed by atoms with van der Waals surface area (Å²) in [5.74, 6) is 0. The highest BCUT2D eigenvalue weighted by molar-refractivity contribution is 9.10. The van der Waals surface area contributed by atoms with Crippen molar-refractivity contribution in [1.29, 1.82) is 0 Å². The third kappa shape index (κ3) is 3.04. The van der Waals surface area contributed by atoms with Gasteiger partial charge in [-0.1, -0.05) is 19.6 Å². The van der Waals surface area contributed by atoms with E-state index in [0.717, 1.165) is 27.9 Å². The van der Waals surface area contributed by atoms with E-state index in [2.05, 4.69) is 45.5 Å². The molecule has 112 valence electrons. The number of fused-ring (bicyclic) bond motifs is 3. The highest BCUT2D eigenvalue weighted by Crippen LogP contribution is 2.25. The van der Waals surface area contributed by atoms with Crippen LogP contribution < -0.4 is 0 Å². The summed E-state index contributed by atoms with van der Waals surface area (Å²) in [7, 11) is -1.04. The first-order valence-corrected chi connectivity index (χ1v) is 11.5. The topological polar surface area (TPSA) is 44.3 Å².